The van der Waals surface area contributed by atoms with E-state index in [1.807, 2.05) is 37.1 Å². The number of thiophene rings is 1. The molecule has 0 unspecified atom stereocenters. The first-order chi connectivity index (χ1) is 16.3. The van der Waals surface area contributed by atoms with Crippen LogP contribution in [-0.4, -0.2) is 63.7 Å². The fourth-order valence-electron chi connectivity index (χ4n) is 4.07. The van der Waals surface area contributed by atoms with Crippen LogP contribution in [0.15, 0.2) is 47.4 Å². The molecule has 0 atom stereocenters. The van der Waals surface area contributed by atoms with E-state index in [1.165, 1.54) is 0 Å². The largest absolute Gasteiger partial charge is 0.378 e. The monoisotopic (exact) mass is 478 g/mol. The summed E-state index contributed by atoms with van der Waals surface area (Å²) >= 11 is 1.65. The number of hydrogen-bond donors (Lipinski definition) is 2. The zero-order valence-electron chi connectivity index (χ0n) is 20.8. The van der Waals surface area contributed by atoms with Crippen molar-refractivity contribution in [2.75, 3.05) is 42.7 Å². The van der Waals surface area contributed by atoms with Crippen LogP contribution >= 0.6 is 11.3 Å². The van der Waals surface area contributed by atoms with Gasteiger partial charge in [0.15, 0.2) is 17.0 Å². The van der Waals surface area contributed by atoms with Crippen molar-refractivity contribution < 1.29 is 0 Å². The first-order valence-corrected chi connectivity index (χ1v) is 12.6. The van der Waals surface area contributed by atoms with E-state index in [1.54, 1.807) is 11.3 Å². The summed E-state index contributed by atoms with van der Waals surface area (Å²) < 4.78 is 2.01. The van der Waals surface area contributed by atoms with Crippen LogP contribution in [0.4, 0.5) is 23.1 Å². The van der Waals surface area contributed by atoms with Crippen LogP contribution in [0.5, 0.6) is 0 Å². The summed E-state index contributed by atoms with van der Waals surface area (Å²) in [7, 11) is 4.06. The molecule has 0 saturated heterocycles. The number of hydrogen-bond acceptors (Lipinski definition) is 8. The van der Waals surface area contributed by atoms with Crippen LogP contribution in [0, 0.1) is 0 Å². The van der Waals surface area contributed by atoms with E-state index in [2.05, 4.69) is 82.1 Å². The molecule has 4 rings (SSSR count). The lowest BCUT2D eigenvalue weighted by molar-refractivity contribution is 0.182. The fourth-order valence-corrected chi connectivity index (χ4v) is 4.70. The van der Waals surface area contributed by atoms with Gasteiger partial charge >= 0.3 is 0 Å². The van der Waals surface area contributed by atoms with Gasteiger partial charge in [-0.05, 0) is 57.3 Å². The van der Waals surface area contributed by atoms with Gasteiger partial charge in [0, 0.05) is 56.0 Å². The molecule has 9 heteroatoms. The van der Waals surface area contributed by atoms with E-state index in [9.17, 15) is 0 Å². The highest BCUT2D eigenvalue weighted by Gasteiger charge is 2.17. The van der Waals surface area contributed by atoms with Crippen molar-refractivity contribution in [3.05, 3.63) is 47.4 Å². The minimum atomic E-state index is 0.478. The maximum Gasteiger partial charge on any atom is 0.231 e. The number of imidazole rings is 1. The standard InChI is InChI=1S/C25H34N8S/c1-17(2)32(18(3)4)12-11-26-23-22-24(33(16-27-22)21-10-13-34-15-21)30-25(29-23)28-19-8-7-9-20(14-19)31(5)6/h7-10,13-18H,11-12H2,1-6H3,(H2,26,28,29,30). The zero-order chi connectivity index (χ0) is 24.2. The SMILES string of the molecule is CC(C)N(CCNc1nc(Nc2cccc(N(C)C)c2)nc2c1ncn2-c1ccsc1)C(C)C. The second-order valence-corrected chi connectivity index (χ2v) is 9.87. The average molecular weight is 479 g/mol. The molecule has 1 aromatic carbocycles. The third kappa shape index (κ3) is 5.31. The van der Waals surface area contributed by atoms with Gasteiger partial charge in [0.25, 0.3) is 0 Å². The smallest absolute Gasteiger partial charge is 0.231 e. The zero-order valence-corrected chi connectivity index (χ0v) is 21.6. The number of nitrogens with zero attached hydrogens (tertiary/aromatic N) is 6. The van der Waals surface area contributed by atoms with E-state index in [4.69, 9.17) is 9.97 Å². The predicted octanol–water partition coefficient (Wildman–Crippen LogP) is 5.22. The minimum absolute atomic E-state index is 0.478. The third-order valence-electron chi connectivity index (χ3n) is 5.79. The van der Waals surface area contributed by atoms with Crippen molar-refractivity contribution in [3.63, 3.8) is 0 Å². The van der Waals surface area contributed by atoms with Crippen LogP contribution in [-0.2, 0) is 0 Å². The van der Waals surface area contributed by atoms with Gasteiger partial charge in [-0.1, -0.05) is 6.07 Å². The van der Waals surface area contributed by atoms with Gasteiger partial charge < -0.3 is 15.5 Å². The van der Waals surface area contributed by atoms with E-state index < -0.39 is 0 Å². The van der Waals surface area contributed by atoms with E-state index in [0.717, 1.165) is 47.1 Å². The Hall–Kier alpha value is -3.17. The summed E-state index contributed by atoms with van der Waals surface area (Å²) in [6, 6.07) is 11.2. The number of nitrogens with one attached hydrogen (secondary N) is 2. The molecule has 4 aromatic rings. The molecule has 0 radical (unpaired) electrons. The first-order valence-electron chi connectivity index (χ1n) is 11.6. The first kappa shape index (κ1) is 24.0. The lowest BCUT2D eigenvalue weighted by atomic mass is 10.2. The Morgan fingerprint density at radius 1 is 1.06 bits per heavy atom. The Balaban J connectivity index is 1.67. The lowest BCUT2D eigenvalue weighted by Gasteiger charge is -2.30. The second-order valence-electron chi connectivity index (χ2n) is 9.09. The van der Waals surface area contributed by atoms with Crippen LogP contribution in [0.3, 0.4) is 0 Å². The van der Waals surface area contributed by atoms with Crippen LogP contribution in [0.25, 0.3) is 16.9 Å². The molecular weight excluding hydrogens is 444 g/mol. The molecule has 34 heavy (non-hydrogen) atoms. The highest BCUT2D eigenvalue weighted by molar-refractivity contribution is 7.08. The van der Waals surface area contributed by atoms with E-state index in [-0.39, 0.29) is 0 Å². The fraction of sp³-hybridized carbons (Fsp3) is 0.400. The maximum absolute atomic E-state index is 4.84. The predicted molar refractivity (Wildman–Crippen MR) is 144 cm³/mol. The molecule has 0 aliphatic heterocycles. The molecule has 180 valence electrons. The number of fused-ring (bicyclic) bond motifs is 1. The van der Waals surface area contributed by atoms with Crippen molar-refractivity contribution in [1.82, 2.24) is 24.4 Å². The van der Waals surface area contributed by atoms with Crippen molar-refractivity contribution in [3.8, 4) is 5.69 Å². The highest BCUT2D eigenvalue weighted by atomic mass is 32.1. The van der Waals surface area contributed by atoms with Crippen LogP contribution in [0.1, 0.15) is 27.7 Å². The molecule has 0 spiro atoms. The Bertz CT molecular complexity index is 1210. The summed E-state index contributed by atoms with van der Waals surface area (Å²) in [5.41, 5.74) is 4.62. The molecular formula is C25H34N8S. The third-order valence-corrected chi connectivity index (χ3v) is 6.46. The maximum atomic E-state index is 4.84. The van der Waals surface area contributed by atoms with Gasteiger partial charge in [0.05, 0.1) is 5.69 Å². The Labute approximate surface area is 205 Å². The molecule has 0 saturated carbocycles. The van der Waals surface area contributed by atoms with Gasteiger partial charge in [-0.2, -0.15) is 21.3 Å². The molecule has 0 amide bonds. The molecule has 0 fully saturated rings. The number of anilines is 4. The van der Waals surface area contributed by atoms with E-state index in [0.29, 0.717) is 18.0 Å². The molecule has 2 N–H and O–H groups in total. The Kier molecular flexibility index (Phi) is 7.33. The normalized spacial score (nSPS) is 11.7. The molecule has 0 aliphatic carbocycles. The number of aromatic nitrogens is 4. The second kappa shape index (κ2) is 10.4. The molecule has 3 aromatic heterocycles. The minimum Gasteiger partial charge on any atom is -0.378 e. The highest BCUT2D eigenvalue weighted by Crippen LogP contribution is 2.27. The van der Waals surface area contributed by atoms with Crippen molar-refractivity contribution in [2.24, 2.45) is 0 Å². The number of benzene rings is 1. The molecule has 3 heterocycles. The van der Waals surface area contributed by atoms with Crippen LogP contribution in [0.2, 0.25) is 0 Å². The quantitative estimate of drug-likeness (QED) is 0.324. The van der Waals surface area contributed by atoms with Crippen LogP contribution < -0.4 is 15.5 Å². The molecule has 0 bridgehead atoms. The van der Waals surface area contributed by atoms with Gasteiger partial charge in [-0.15, -0.1) is 0 Å². The van der Waals surface area contributed by atoms with Gasteiger partial charge in [0.1, 0.15) is 6.33 Å². The van der Waals surface area contributed by atoms with Gasteiger partial charge in [-0.3, -0.25) is 9.47 Å². The van der Waals surface area contributed by atoms with Crippen molar-refractivity contribution >= 4 is 45.6 Å². The van der Waals surface area contributed by atoms with Gasteiger partial charge in [-0.25, -0.2) is 4.98 Å². The molecule has 8 nitrogen and oxygen atoms in total. The van der Waals surface area contributed by atoms with E-state index >= 15 is 0 Å². The van der Waals surface area contributed by atoms with Crippen molar-refractivity contribution in [1.29, 1.82) is 0 Å². The number of rotatable bonds is 10. The molecule has 0 aliphatic rings. The summed E-state index contributed by atoms with van der Waals surface area (Å²) in [5, 5.41) is 11.1. The average Bonchev–Trinajstić information content (AvgIpc) is 3.46. The summed E-state index contributed by atoms with van der Waals surface area (Å²) in [5.74, 6) is 1.27. The Morgan fingerprint density at radius 2 is 1.85 bits per heavy atom. The Morgan fingerprint density at radius 3 is 2.53 bits per heavy atom. The van der Waals surface area contributed by atoms with Gasteiger partial charge in [0.2, 0.25) is 5.95 Å². The summed E-state index contributed by atoms with van der Waals surface area (Å²) in [6.45, 7) is 10.6. The summed E-state index contributed by atoms with van der Waals surface area (Å²) in [6.07, 6.45) is 1.82. The lowest BCUT2D eigenvalue weighted by Crippen LogP contribution is -2.40. The summed E-state index contributed by atoms with van der Waals surface area (Å²) in [4.78, 5) is 18.8. The topological polar surface area (TPSA) is 74.1 Å². The van der Waals surface area contributed by atoms with Crippen molar-refractivity contribution in [2.45, 2.75) is 39.8 Å².